The van der Waals surface area contributed by atoms with Gasteiger partial charge in [0.2, 0.25) is 11.8 Å². The number of hydrogen-bond acceptors (Lipinski definition) is 3. The van der Waals surface area contributed by atoms with Crippen LogP contribution in [-0.2, 0) is 9.59 Å². The molecule has 1 aromatic carbocycles. The lowest BCUT2D eigenvalue weighted by Gasteiger charge is -2.57. The van der Waals surface area contributed by atoms with Crippen molar-refractivity contribution in [3.05, 3.63) is 24.3 Å². The van der Waals surface area contributed by atoms with Gasteiger partial charge in [-0.15, -0.1) is 0 Å². The standard InChI is InChI=1S/C22H28N2O3/c1-27-19-5-3-2-4-18(19)24-13-17(9-20(24)25)21(26)23-22-10-14-6-15(11-22)8-16(7-14)12-22/h2-5,14-17H,6-13H2,1H3,(H,23,26)/t14?,15?,16?,17-,22?/m1/s1. The number of rotatable bonds is 4. The van der Waals surface area contributed by atoms with Crippen LogP contribution in [0.1, 0.15) is 44.9 Å². The smallest absolute Gasteiger partial charge is 0.227 e. The Balaban J connectivity index is 1.30. The van der Waals surface area contributed by atoms with Gasteiger partial charge in [-0.2, -0.15) is 0 Å². The molecule has 5 heteroatoms. The van der Waals surface area contributed by atoms with Crippen LogP contribution in [0.15, 0.2) is 24.3 Å². The van der Waals surface area contributed by atoms with E-state index in [1.807, 2.05) is 24.3 Å². The van der Waals surface area contributed by atoms with Crippen LogP contribution < -0.4 is 15.0 Å². The highest BCUT2D eigenvalue weighted by Gasteiger charge is 2.52. The first-order valence-electron chi connectivity index (χ1n) is 10.3. The normalized spacial score (nSPS) is 36.9. The Kier molecular flexibility index (Phi) is 3.95. The number of nitrogens with zero attached hydrogens (tertiary/aromatic N) is 1. The van der Waals surface area contributed by atoms with Crippen molar-refractivity contribution in [2.45, 2.75) is 50.5 Å². The number of carbonyl (C=O) groups excluding carboxylic acids is 2. The number of benzene rings is 1. The molecule has 0 aromatic heterocycles. The lowest BCUT2D eigenvalue weighted by Crippen LogP contribution is -2.60. The molecule has 6 rings (SSSR count). The molecule has 0 unspecified atom stereocenters. The van der Waals surface area contributed by atoms with E-state index in [0.29, 0.717) is 12.3 Å². The van der Waals surface area contributed by atoms with Gasteiger partial charge in [0.25, 0.3) is 0 Å². The van der Waals surface area contributed by atoms with Gasteiger partial charge in [-0.1, -0.05) is 12.1 Å². The van der Waals surface area contributed by atoms with Gasteiger partial charge in [0.15, 0.2) is 0 Å². The molecule has 1 atom stereocenters. The van der Waals surface area contributed by atoms with Crippen LogP contribution in [-0.4, -0.2) is 31.0 Å². The van der Waals surface area contributed by atoms with Crippen LogP contribution in [0.2, 0.25) is 0 Å². The fourth-order valence-corrected chi connectivity index (χ4v) is 6.60. The Morgan fingerprint density at radius 3 is 2.37 bits per heavy atom. The van der Waals surface area contributed by atoms with Crippen molar-refractivity contribution in [2.75, 3.05) is 18.6 Å². The molecule has 1 aliphatic heterocycles. The molecule has 144 valence electrons. The van der Waals surface area contributed by atoms with Gasteiger partial charge in [0.1, 0.15) is 5.75 Å². The zero-order valence-electron chi connectivity index (χ0n) is 15.9. The van der Waals surface area contributed by atoms with Crippen LogP contribution in [0.5, 0.6) is 5.75 Å². The molecule has 1 saturated heterocycles. The predicted octanol–water partition coefficient (Wildman–Crippen LogP) is 3.13. The van der Waals surface area contributed by atoms with E-state index >= 15 is 0 Å². The van der Waals surface area contributed by atoms with Crippen molar-refractivity contribution in [3.63, 3.8) is 0 Å². The van der Waals surface area contributed by atoms with Crippen LogP contribution in [0.25, 0.3) is 0 Å². The summed E-state index contributed by atoms with van der Waals surface area (Å²) in [6, 6.07) is 7.52. The van der Waals surface area contributed by atoms with Crippen molar-refractivity contribution >= 4 is 17.5 Å². The van der Waals surface area contributed by atoms with Crippen molar-refractivity contribution in [3.8, 4) is 5.75 Å². The molecular weight excluding hydrogens is 340 g/mol. The van der Waals surface area contributed by atoms with E-state index in [1.165, 1.54) is 19.3 Å². The minimum absolute atomic E-state index is 0.00478. The van der Waals surface area contributed by atoms with Crippen molar-refractivity contribution in [1.29, 1.82) is 0 Å². The number of hydrogen-bond donors (Lipinski definition) is 1. The van der Waals surface area contributed by atoms with E-state index in [1.54, 1.807) is 12.0 Å². The summed E-state index contributed by atoms with van der Waals surface area (Å²) in [5.41, 5.74) is 0.766. The third-order valence-electron chi connectivity index (χ3n) is 7.30. The number of nitrogens with one attached hydrogen (secondary N) is 1. The summed E-state index contributed by atoms with van der Waals surface area (Å²) >= 11 is 0. The molecule has 5 nitrogen and oxygen atoms in total. The van der Waals surface area contributed by atoms with E-state index < -0.39 is 0 Å². The maximum Gasteiger partial charge on any atom is 0.227 e. The summed E-state index contributed by atoms with van der Waals surface area (Å²) < 4.78 is 5.40. The fourth-order valence-electron chi connectivity index (χ4n) is 6.60. The highest BCUT2D eigenvalue weighted by molar-refractivity contribution is 6.01. The number of para-hydroxylation sites is 2. The molecule has 2 amide bonds. The van der Waals surface area contributed by atoms with Gasteiger partial charge in [-0.05, 0) is 68.4 Å². The molecule has 0 spiro atoms. The van der Waals surface area contributed by atoms with Crippen LogP contribution in [0.4, 0.5) is 5.69 Å². The largest absolute Gasteiger partial charge is 0.495 e. The SMILES string of the molecule is COc1ccccc1N1C[C@H](C(=O)NC23CC4CC(CC(C4)C2)C3)CC1=O. The first-order chi connectivity index (χ1) is 13.0. The molecule has 4 saturated carbocycles. The topological polar surface area (TPSA) is 58.6 Å². The van der Waals surface area contributed by atoms with E-state index in [9.17, 15) is 9.59 Å². The molecule has 5 fully saturated rings. The maximum atomic E-state index is 13.1. The molecule has 27 heavy (non-hydrogen) atoms. The number of methoxy groups -OCH3 is 1. The summed E-state index contributed by atoms with van der Waals surface area (Å²) in [5.74, 6) is 2.88. The molecular formula is C22H28N2O3. The van der Waals surface area contributed by atoms with Gasteiger partial charge in [-0.3, -0.25) is 9.59 Å². The fraction of sp³-hybridized carbons (Fsp3) is 0.636. The number of amides is 2. The average molecular weight is 368 g/mol. The van der Waals surface area contributed by atoms with Crippen molar-refractivity contribution in [1.82, 2.24) is 5.32 Å². The molecule has 0 radical (unpaired) electrons. The number of anilines is 1. The maximum absolute atomic E-state index is 13.1. The predicted molar refractivity (Wildman–Crippen MR) is 102 cm³/mol. The highest BCUT2D eigenvalue weighted by atomic mass is 16.5. The lowest BCUT2D eigenvalue weighted by molar-refractivity contribution is -0.131. The summed E-state index contributed by atoms with van der Waals surface area (Å²) in [4.78, 5) is 27.4. The second kappa shape index (κ2) is 6.25. The number of carbonyl (C=O) groups is 2. The Morgan fingerprint density at radius 1 is 1.11 bits per heavy atom. The quantitative estimate of drug-likeness (QED) is 0.888. The van der Waals surface area contributed by atoms with E-state index in [0.717, 1.165) is 42.7 Å². The van der Waals surface area contributed by atoms with Gasteiger partial charge >= 0.3 is 0 Å². The minimum Gasteiger partial charge on any atom is -0.495 e. The summed E-state index contributed by atoms with van der Waals surface area (Å²) in [5, 5.41) is 3.44. The Bertz CT molecular complexity index is 739. The van der Waals surface area contributed by atoms with Crippen LogP contribution in [0, 0.1) is 23.7 Å². The zero-order valence-corrected chi connectivity index (χ0v) is 15.9. The molecule has 4 bridgehead atoms. The third kappa shape index (κ3) is 2.91. The first kappa shape index (κ1) is 17.1. The second-order valence-corrected chi connectivity index (χ2v) is 9.26. The summed E-state index contributed by atoms with van der Waals surface area (Å²) in [6.45, 7) is 0.442. The molecule has 4 aliphatic carbocycles. The lowest BCUT2D eigenvalue weighted by atomic mass is 9.53. The van der Waals surface area contributed by atoms with Crippen LogP contribution in [0.3, 0.4) is 0 Å². The molecule has 5 aliphatic rings. The number of ether oxygens (including phenoxy) is 1. The van der Waals surface area contributed by atoms with Gasteiger partial charge in [0, 0.05) is 18.5 Å². The molecule has 1 N–H and O–H groups in total. The first-order valence-corrected chi connectivity index (χ1v) is 10.3. The Hall–Kier alpha value is -2.04. The van der Waals surface area contributed by atoms with Crippen molar-refractivity contribution < 1.29 is 14.3 Å². The Labute approximate surface area is 160 Å². The average Bonchev–Trinajstić information content (AvgIpc) is 3.02. The molecule has 1 heterocycles. The van der Waals surface area contributed by atoms with Crippen LogP contribution >= 0.6 is 0 Å². The minimum atomic E-state index is -0.268. The van der Waals surface area contributed by atoms with E-state index in [-0.39, 0.29) is 29.7 Å². The highest BCUT2D eigenvalue weighted by Crippen LogP contribution is 2.55. The monoisotopic (exact) mass is 368 g/mol. The van der Waals surface area contributed by atoms with Gasteiger partial charge in [0.05, 0.1) is 18.7 Å². The molecule has 1 aromatic rings. The summed E-state index contributed by atoms with van der Waals surface area (Å²) in [7, 11) is 1.61. The van der Waals surface area contributed by atoms with E-state index in [2.05, 4.69) is 5.32 Å². The Morgan fingerprint density at radius 2 is 1.74 bits per heavy atom. The van der Waals surface area contributed by atoms with E-state index in [4.69, 9.17) is 4.74 Å². The third-order valence-corrected chi connectivity index (χ3v) is 7.30. The van der Waals surface area contributed by atoms with Gasteiger partial charge < -0.3 is 15.0 Å². The summed E-state index contributed by atoms with van der Waals surface area (Å²) in [6.07, 6.45) is 7.79. The van der Waals surface area contributed by atoms with Crippen molar-refractivity contribution in [2.24, 2.45) is 23.7 Å². The zero-order chi connectivity index (χ0) is 18.6. The second-order valence-electron chi connectivity index (χ2n) is 9.26. The van der Waals surface area contributed by atoms with Gasteiger partial charge in [-0.25, -0.2) is 0 Å².